The second kappa shape index (κ2) is 6.37. The highest BCUT2D eigenvalue weighted by atomic mass is 16.5. The van der Waals surface area contributed by atoms with Crippen LogP contribution in [0.1, 0.15) is 5.69 Å². The maximum Gasteiger partial charge on any atom is 0.193 e. The summed E-state index contributed by atoms with van der Waals surface area (Å²) in [5.41, 5.74) is 3.79. The number of nitrogens with zero attached hydrogens (tertiary/aromatic N) is 2. The average molecular weight is 331 g/mol. The summed E-state index contributed by atoms with van der Waals surface area (Å²) in [6.07, 6.45) is 0. The number of aromatic nitrogens is 3. The van der Waals surface area contributed by atoms with E-state index in [1.165, 1.54) is 0 Å². The highest BCUT2D eigenvalue weighted by Gasteiger charge is 2.17. The van der Waals surface area contributed by atoms with Gasteiger partial charge in [0.05, 0.1) is 17.7 Å². The van der Waals surface area contributed by atoms with Gasteiger partial charge in [-0.1, -0.05) is 48.5 Å². The van der Waals surface area contributed by atoms with Gasteiger partial charge in [0, 0.05) is 24.4 Å². The molecular weight excluding hydrogens is 314 g/mol. The number of hydrogen-bond donors (Lipinski definition) is 1. The van der Waals surface area contributed by atoms with Crippen LogP contribution in [0.4, 0.5) is 0 Å². The zero-order chi connectivity index (χ0) is 17.2. The van der Waals surface area contributed by atoms with Gasteiger partial charge in [0.1, 0.15) is 11.3 Å². The standard InChI is InChI=1S/C20H17N3O2/c1-25-13-15-12-17(24)18-19(14-8-4-2-5-9-14)22-23(20(18)21-15)16-10-6-3-7-11-16/h2-12H,13H2,1H3,(H,21,24). The largest absolute Gasteiger partial charge is 0.378 e. The molecule has 0 aliphatic rings. The van der Waals surface area contributed by atoms with E-state index in [0.29, 0.717) is 23.3 Å². The number of hydrogen-bond acceptors (Lipinski definition) is 3. The van der Waals surface area contributed by atoms with Crippen molar-refractivity contribution < 1.29 is 4.74 Å². The van der Waals surface area contributed by atoms with E-state index < -0.39 is 0 Å². The Kier molecular flexibility index (Phi) is 3.91. The normalized spacial score (nSPS) is 11.1. The van der Waals surface area contributed by atoms with Crippen LogP contribution < -0.4 is 5.43 Å². The second-order valence-electron chi connectivity index (χ2n) is 5.78. The molecule has 4 aromatic rings. The molecule has 0 spiro atoms. The summed E-state index contributed by atoms with van der Waals surface area (Å²) in [4.78, 5) is 16.1. The molecule has 124 valence electrons. The van der Waals surface area contributed by atoms with Gasteiger partial charge in [-0.3, -0.25) is 4.79 Å². The summed E-state index contributed by atoms with van der Waals surface area (Å²) in [6.45, 7) is 0.339. The van der Waals surface area contributed by atoms with Crippen molar-refractivity contribution in [3.8, 4) is 16.9 Å². The van der Waals surface area contributed by atoms with Crippen LogP contribution in [0.5, 0.6) is 0 Å². The lowest BCUT2D eigenvalue weighted by Gasteiger charge is -2.05. The van der Waals surface area contributed by atoms with E-state index in [1.54, 1.807) is 17.9 Å². The first-order chi connectivity index (χ1) is 12.3. The molecule has 2 heterocycles. The van der Waals surface area contributed by atoms with Gasteiger partial charge >= 0.3 is 0 Å². The molecule has 4 rings (SSSR count). The maximum absolute atomic E-state index is 12.8. The Morgan fingerprint density at radius 3 is 2.40 bits per heavy atom. The number of ether oxygens (including phenoxy) is 1. The zero-order valence-corrected chi connectivity index (χ0v) is 13.8. The number of fused-ring (bicyclic) bond motifs is 1. The van der Waals surface area contributed by atoms with E-state index in [0.717, 1.165) is 16.9 Å². The van der Waals surface area contributed by atoms with Gasteiger partial charge in [-0.15, -0.1) is 0 Å². The molecule has 0 saturated heterocycles. The Balaban J connectivity index is 2.06. The molecule has 0 radical (unpaired) electrons. The number of H-pyrrole nitrogens is 1. The Hall–Kier alpha value is -3.18. The van der Waals surface area contributed by atoms with E-state index in [2.05, 4.69) is 4.98 Å². The number of aromatic amines is 1. The van der Waals surface area contributed by atoms with Crippen LogP contribution >= 0.6 is 0 Å². The first kappa shape index (κ1) is 15.4. The lowest BCUT2D eigenvalue weighted by Crippen LogP contribution is -2.07. The fourth-order valence-corrected chi connectivity index (χ4v) is 2.97. The van der Waals surface area contributed by atoms with Crippen LogP contribution in [-0.2, 0) is 11.3 Å². The van der Waals surface area contributed by atoms with E-state index in [1.807, 2.05) is 60.7 Å². The highest BCUT2D eigenvalue weighted by molar-refractivity contribution is 5.92. The number of pyridine rings is 1. The lowest BCUT2D eigenvalue weighted by atomic mass is 10.1. The van der Waals surface area contributed by atoms with Gasteiger partial charge in [-0.2, -0.15) is 5.10 Å². The van der Waals surface area contributed by atoms with Gasteiger partial charge in [0.2, 0.25) is 0 Å². The van der Waals surface area contributed by atoms with Gasteiger partial charge in [-0.25, -0.2) is 4.68 Å². The molecular formula is C20H17N3O2. The van der Waals surface area contributed by atoms with Crippen molar-refractivity contribution in [1.82, 2.24) is 14.8 Å². The van der Waals surface area contributed by atoms with E-state index in [9.17, 15) is 4.79 Å². The topological polar surface area (TPSA) is 59.9 Å². The minimum absolute atomic E-state index is 0.0677. The first-order valence-corrected chi connectivity index (χ1v) is 8.02. The Labute approximate surface area is 144 Å². The fourth-order valence-electron chi connectivity index (χ4n) is 2.97. The minimum atomic E-state index is -0.0677. The third kappa shape index (κ3) is 2.75. The van der Waals surface area contributed by atoms with Gasteiger partial charge < -0.3 is 9.72 Å². The molecule has 5 nitrogen and oxygen atoms in total. The SMILES string of the molecule is COCc1cc(=O)c2c(-c3ccccc3)nn(-c3ccccc3)c2[nH]1. The van der Waals surface area contributed by atoms with Crippen LogP contribution in [-0.4, -0.2) is 21.9 Å². The number of methoxy groups -OCH3 is 1. The van der Waals surface area contributed by atoms with Gasteiger partial charge in [0.15, 0.2) is 5.43 Å². The lowest BCUT2D eigenvalue weighted by molar-refractivity contribution is 0.181. The molecule has 0 bridgehead atoms. The molecule has 2 aromatic heterocycles. The van der Waals surface area contributed by atoms with Crippen molar-refractivity contribution in [1.29, 1.82) is 0 Å². The van der Waals surface area contributed by atoms with Gasteiger partial charge in [0.25, 0.3) is 0 Å². The molecule has 0 unspecified atom stereocenters. The molecule has 25 heavy (non-hydrogen) atoms. The molecule has 5 heteroatoms. The molecule has 0 atom stereocenters. The van der Waals surface area contributed by atoms with Crippen LogP contribution in [0.3, 0.4) is 0 Å². The molecule has 0 saturated carbocycles. The van der Waals surface area contributed by atoms with Crippen LogP contribution in [0.2, 0.25) is 0 Å². The third-order valence-corrected chi connectivity index (χ3v) is 4.06. The zero-order valence-electron chi connectivity index (χ0n) is 13.8. The molecule has 0 fully saturated rings. The predicted molar refractivity (Wildman–Crippen MR) is 97.8 cm³/mol. The number of nitrogens with one attached hydrogen (secondary N) is 1. The molecule has 2 aromatic carbocycles. The van der Waals surface area contributed by atoms with Crippen molar-refractivity contribution in [2.24, 2.45) is 0 Å². The summed E-state index contributed by atoms with van der Waals surface area (Å²) in [5.74, 6) is 0. The summed E-state index contributed by atoms with van der Waals surface area (Å²) in [6, 6.07) is 21.1. The van der Waals surface area contributed by atoms with E-state index in [-0.39, 0.29) is 5.43 Å². The average Bonchev–Trinajstić information content (AvgIpc) is 3.04. The number of para-hydroxylation sites is 1. The molecule has 0 aliphatic heterocycles. The first-order valence-electron chi connectivity index (χ1n) is 8.02. The van der Waals surface area contributed by atoms with Crippen LogP contribution in [0.15, 0.2) is 71.5 Å². The Bertz CT molecular complexity index is 1070. The second-order valence-corrected chi connectivity index (χ2v) is 5.78. The van der Waals surface area contributed by atoms with Gasteiger partial charge in [-0.05, 0) is 12.1 Å². The fraction of sp³-hybridized carbons (Fsp3) is 0.100. The quantitative estimate of drug-likeness (QED) is 0.622. The van der Waals surface area contributed by atoms with Crippen molar-refractivity contribution in [2.45, 2.75) is 6.61 Å². The third-order valence-electron chi connectivity index (χ3n) is 4.06. The number of benzene rings is 2. The maximum atomic E-state index is 12.8. The monoisotopic (exact) mass is 331 g/mol. The number of rotatable bonds is 4. The van der Waals surface area contributed by atoms with Crippen molar-refractivity contribution in [3.63, 3.8) is 0 Å². The molecule has 0 aliphatic carbocycles. The van der Waals surface area contributed by atoms with Crippen LogP contribution in [0.25, 0.3) is 28.0 Å². The van der Waals surface area contributed by atoms with E-state index in [4.69, 9.17) is 9.84 Å². The highest BCUT2D eigenvalue weighted by Crippen LogP contribution is 2.26. The van der Waals surface area contributed by atoms with Crippen LogP contribution in [0, 0.1) is 0 Å². The summed E-state index contributed by atoms with van der Waals surface area (Å²) < 4.78 is 6.95. The van der Waals surface area contributed by atoms with E-state index >= 15 is 0 Å². The predicted octanol–water partition coefficient (Wildman–Crippen LogP) is 3.53. The molecule has 1 N–H and O–H groups in total. The van der Waals surface area contributed by atoms with Crippen molar-refractivity contribution in [2.75, 3.05) is 7.11 Å². The summed E-state index contributed by atoms with van der Waals surface area (Å²) in [7, 11) is 1.60. The summed E-state index contributed by atoms with van der Waals surface area (Å²) in [5, 5.41) is 5.32. The van der Waals surface area contributed by atoms with Crippen molar-refractivity contribution >= 4 is 11.0 Å². The van der Waals surface area contributed by atoms with Crippen molar-refractivity contribution in [3.05, 3.63) is 82.6 Å². The summed E-state index contributed by atoms with van der Waals surface area (Å²) >= 11 is 0. The Morgan fingerprint density at radius 1 is 1.04 bits per heavy atom. The minimum Gasteiger partial charge on any atom is -0.378 e. The Morgan fingerprint density at radius 2 is 1.72 bits per heavy atom. The smallest absolute Gasteiger partial charge is 0.193 e. The molecule has 0 amide bonds.